The molecular formula is C16H16ClNO. The number of hydrogen-bond donors (Lipinski definition) is 0. The van der Waals surface area contributed by atoms with Gasteiger partial charge in [-0.15, -0.1) is 0 Å². The number of rotatable bonds is 3. The van der Waals surface area contributed by atoms with Gasteiger partial charge in [-0.05, 0) is 36.3 Å². The van der Waals surface area contributed by atoms with Crippen LogP contribution >= 0.6 is 11.6 Å². The van der Waals surface area contributed by atoms with Gasteiger partial charge in [0.15, 0.2) is 5.78 Å². The van der Waals surface area contributed by atoms with Gasteiger partial charge in [0.2, 0.25) is 0 Å². The smallest absolute Gasteiger partial charge is 0.158 e. The molecule has 2 aliphatic rings. The van der Waals surface area contributed by atoms with Gasteiger partial charge >= 0.3 is 0 Å². The molecule has 0 aromatic heterocycles. The van der Waals surface area contributed by atoms with Crippen molar-refractivity contribution in [2.24, 2.45) is 17.8 Å². The van der Waals surface area contributed by atoms with Gasteiger partial charge in [0.1, 0.15) is 5.92 Å². The van der Waals surface area contributed by atoms with E-state index in [1.807, 2.05) is 12.1 Å². The van der Waals surface area contributed by atoms with Gasteiger partial charge in [-0.2, -0.15) is 5.26 Å². The molecule has 98 valence electrons. The number of Topliss-reactive ketones (excluding diaryl/α,β-unsaturated/α-hetero) is 1. The Bertz CT molecular complexity index is 536. The zero-order chi connectivity index (χ0) is 13.4. The second-order valence-corrected chi connectivity index (χ2v) is 6.03. The summed E-state index contributed by atoms with van der Waals surface area (Å²) in [5, 5.41) is 9.87. The van der Waals surface area contributed by atoms with Crippen LogP contribution in [0.4, 0.5) is 0 Å². The summed E-state index contributed by atoms with van der Waals surface area (Å²) < 4.78 is 0. The van der Waals surface area contributed by atoms with Crippen molar-refractivity contribution in [3.05, 3.63) is 34.9 Å². The number of ketones is 1. The highest BCUT2D eigenvalue weighted by atomic mass is 35.5. The number of hydrogen-bond acceptors (Lipinski definition) is 2. The van der Waals surface area contributed by atoms with E-state index in [4.69, 9.17) is 11.6 Å². The second-order valence-electron chi connectivity index (χ2n) is 5.62. The predicted molar refractivity (Wildman–Crippen MR) is 73.8 cm³/mol. The molecule has 3 atom stereocenters. The molecule has 3 heteroatoms. The second kappa shape index (κ2) is 4.98. The first-order chi connectivity index (χ1) is 9.24. The fraction of sp³-hybridized carbons (Fsp3) is 0.500. The summed E-state index contributed by atoms with van der Waals surface area (Å²) in [6.07, 6.45) is 4.77. The van der Waals surface area contributed by atoms with Crippen LogP contribution in [0.25, 0.3) is 0 Å². The molecular weight excluding hydrogens is 258 g/mol. The molecule has 0 N–H and O–H groups in total. The molecule has 0 amide bonds. The minimum atomic E-state index is -0.690. The molecule has 2 fully saturated rings. The van der Waals surface area contributed by atoms with E-state index >= 15 is 0 Å². The number of halogens is 1. The molecule has 0 bridgehead atoms. The van der Waals surface area contributed by atoms with Crippen LogP contribution in [0.5, 0.6) is 0 Å². The van der Waals surface area contributed by atoms with Gasteiger partial charge in [0.05, 0.1) is 6.07 Å². The van der Waals surface area contributed by atoms with E-state index in [1.165, 1.54) is 12.8 Å². The van der Waals surface area contributed by atoms with Crippen molar-refractivity contribution in [1.82, 2.24) is 0 Å². The number of carbonyl (C=O) groups is 1. The van der Waals surface area contributed by atoms with Crippen LogP contribution in [0.2, 0.25) is 5.02 Å². The summed E-state index contributed by atoms with van der Waals surface area (Å²) in [7, 11) is 0. The van der Waals surface area contributed by atoms with Crippen LogP contribution in [-0.2, 0) is 4.79 Å². The van der Waals surface area contributed by atoms with Gasteiger partial charge < -0.3 is 0 Å². The molecule has 2 saturated carbocycles. The Morgan fingerprint density at radius 1 is 1.26 bits per heavy atom. The normalized spacial score (nSPS) is 30.0. The molecule has 0 aliphatic heterocycles. The first-order valence-electron chi connectivity index (χ1n) is 6.92. The van der Waals surface area contributed by atoms with Crippen molar-refractivity contribution in [1.29, 1.82) is 5.26 Å². The Kier molecular flexibility index (Phi) is 3.33. The lowest BCUT2D eigenvalue weighted by molar-refractivity contribution is -0.121. The van der Waals surface area contributed by atoms with Crippen molar-refractivity contribution in [3.63, 3.8) is 0 Å². The molecule has 3 rings (SSSR count). The van der Waals surface area contributed by atoms with Crippen molar-refractivity contribution < 1.29 is 4.79 Å². The Morgan fingerprint density at radius 3 is 2.47 bits per heavy atom. The number of nitriles is 1. The van der Waals surface area contributed by atoms with Gasteiger partial charge in [-0.3, -0.25) is 4.79 Å². The van der Waals surface area contributed by atoms with E-state index in [0.717, 1.165) is 12.8 Å². The van der Waals surface area contributed by atoms with Crippen LogP contribution < -0.4 is 0 Å². The molecule has 0 heterocycles. The van der Waals surface area contributed by atoms with Crippen molar-refractivity contribution in [2.45, 2.75) is 31.6 Å². The van der Waals surface area contributed by atoms with Gasteiger partial charge in [-0.1, -0.05) is 42.6 Å². The third kappa shape index (κ3) is 2.17. The fourth-order valence-corrected chi connectivity index (χ4v) is 3.85. The van der Waals surface area contributed by atoms with Crippen LogP contribution in [-0.4, -0.2) is 5.78 Å². The number of benzene rings is 1. The van der Waals surface area contributed by atoms with E-state index in [1.54, 1.807) is 12.1 Å². The molecule has 2 nitrogen and oxygen atoms in total. The largest absolute Gasteiger partial charge is 0.298 e. The average molecular weight is 274 g/mol. The monoisotopic (exact) mass is 273 g/mol. The van der Waals surface area contributed by atoms with E-state index in [0.29, 0.717) is 22.4 Å². The maximum atomic E-state index is 12.6. The quantitative estimate of drug-likeness (QED) is 0.837. The summed E-state index contributed by atoms with van der Waals surface area (Å²) in [6, 6.07) is 9.35. The number of carbonyl (C=O) groups excluding carboxylic acids is 1. The maximum absolute atomic E-state index is 12.6. The molecule has 19 heavy (non-hydrogen) atoms. The SMILES string of the molecule is N#CC(C(=O)C1C2CCCCC21)c1ccccc1Cl. The lowest BCUT2D eigenvalue weighted by Crippen LogP contribution is -2.15. The lowest BCUT2D eigenvalue weighted by atomic mass is 9.92. The van der Waals surface area contributed by atoms with Crippen molar-refractivity contribution in [2.75, 3.05) is 0 Å². The number of nitrogens with zero attached hydrogens (tertiary/aromatic N) is 1. The van der Waals surface area contributed by atoms with Gasteiger partial charge in [0.25, 0.3) is 0 Å². The summed E-state index contributed by atoms with van der Waals surface area (Å²) in [4.78, 5) is 12.6. The minimum absolute atomic E-state index is 0.0903. The topological polar surface area (TPSA) is 40.9 Å². The molecule has 0 radical (unpaired) electrons. The Balaban J connectivity index is 1.82. The van der Waals surface area contributed by atoms with Crippen LogP contribution in [0, 0.1) is 29.1 Å². The van der Waals surface area contributed by atoms with Crippen LogP contribution in [0.15, 0.2) is 24.3 Å². The van der Waals surface area contributed by atoms with E-state index in [2.05, 4.69) is 6.07 Å². The molecule has 2 aliphatic carbocycles. The van der Waals surface area contributed by atoms with E-state index in [9.17, 15) is 10.1 Å². The summed E-state index contributed by atoms with van der Waals surface area (Å²) in [5.41, 5.74) is 0.667. The third-order valence-electron chi connectivity index (χ3n) is 4.61. The van der Waals surface area contributed by atoms with E-state index in [-0.39, 0.29) is 11.7 Å². The maximum Gasteiger partial charge on any atom is 0.158 e. The average Bonchev–Trinajstić information content (AvgIpc) is 3.16. The summed E-state index contributed by atoms with van der Waals surface area (Å²) in [5.74, 6) is 0.597. The fourth-order valence-electron chi connectivity index (χ4n) is 3.60. The Hall–Kier alpha value is -1.33. The van der Waals surface area contributed by atoms with Crippen LogP contribution in [0.3, 0.4) is 0 Å². The number of fused-ring (bicyclic) bond motifs is 1. The lowest BCUT2D eigenvalue weighted by Gasteiger charge is -2.10. The molecule has 0 saturated heterocycles. The van der Waals surface area contributed by atoms with Crippen molar-refractivity contribution in [3.8, 4) is 6.07 Å². The highest BCUT2D eigenvalue weighted by molar-refractivity contribution is 6.31. The third-order valence-corrected chi connectivity index (χ3v) is 4.96. The van der Waals surface area contributed by atoms with Crippen LogP contribution in [0.1, 0.15) is 37.2 Å². The first-order valence-corrected chi connectivity index (χ1v) is 7.29. The Labute approximate surface area is 118 Å². The molecule has 3 unspecified atom stereocenters. The Morgan fingerprint density at radius 2 is 1.89 bits per heavy atom. The molecule has 1 aromatic carbocycles. The molecule has 1 aromatic rings. The highest BCUT2D eigenvalue weighted by Gasteiger charge is 2.56. The highest BCUT2D eigenvalue weighted by Crippen LogP contribution is 2.57. The molecule has 0 spiro atoms. The van der Waals surface area contributed by atoms with Crippen molar-refractivity contribution >= 4 is 17.4 Å². The summed E-state index contributed by atoms with van der Waals surface area (Å²) in [6.45, 7) is 0. The standard InChI is InChI=1S/C16H16ClNO/c17-14-8-4-3-5-10(14)13(9-18)16(19)15-11-6-1-2-7-12(11)15/h3-5,8,11-13,15H,1-2,6-7H2. The zero-order valence-electron chi connectivity index (χ0n) is 10.7. The van der Waals surface area contributed by atoms with E-state index < -0.39 is 5.92 Å². The minimum Gasteiger partial charge on any atom is -0.298 e. The van der Waals surface area contributed by atoms with Gasteiger partial charge in [-0.25, -0.2) is 0 Å². The zero-order valence-corrected chi connectivity index (χ0v) is 11.4. The first kappa shape index (κ1) is 12.7. The summed E-state index contributed by atoms with van der Waals surface area (Å²) >= 11 is 6.12. The predicted octanol–water partition coefficient (Wildman–Crippen LogP) is 3.95. The van der Waals surface area contributed by atoms with Gasteiger partial charge in [0, 0.05) is 10.9 Å².